The molecule has 0 heterocycles. The molecule has 0 aliphatic carbocycles. The van der Waals surface area contributed by atoms with Gasteiger partial charge in [-0.05, 0) is 212 Å². The van der Waals surface area contributed by atoms with Crippen molar-refractivity contribution in [2.75, 3.05) is 0 Å². The summed E-state index contributed by atoms with van der Waals surface area (Å²) in [5, 5.41) is 7.07. The normalized spacial score (nSPS) is 11.8. The monoisotopic (exact) mass is 943 g/mol. The first-order chi connectivity index (χ1) is 34.1. The van der Waals surface area contributed by atoms with E-state index >= 15 is 8.78 Å². The van der Waals surface area contributed by atoms with E-state index in [0.717, 1.165) is 55.3 Å². The largest absolute Gasteiger partial charge is 0.243 e. The third-order valence-corrected chi connectivity index (χ3v) is 16.2. The molecule has 0 amide bonds. The van der Waals surface area contributed by atoms with Crippen molar-refractivity contribution < 1.29 is 8.78 Å². The van der Waals surface area contributed by atoms with E-state index in [1.54, 1.807) is 24.3 Å². The maximum absolute atomic E-state index is 15.5. The Hall–Kier alpha value is -6.77. The summed E-state index contributed by atoms with van der Waals surface area (Å²) in [7, 11) is 0. The zero-order valence-electron chi connectivity index (χ0n) is 45.3. The average Bonchev–Trinajstić information content (AvgIpc) is 3.25. The highest BCUT2D eigenvalue weighted by Gasteiger charge is 2.35. The Morgan fingerprint density at radius 3 is 0.722 bits per heavy atom. The summed E-state index contributed by atoms with van der Waals surface area (Å²) in [6.45, 7) is 35.0. The molecular weight excluding hydrogens is 876 g/mol. The molecule has 0 aliphatic heterocycles. The van der Waals surface area contributed by atoms with Crippen LogP contribution in [0.1, 0.15) is 89.0 Å². The third-order valence-electron chi connectivity index (χ3n) is 16.2. The first-order valence-corrected chi connectivity index (χ1v) is 25.8. The fraction of sp³-hybridized carbons (Fsp3) is 0.235. The smallest absolute Gasteiger partial charge is 0.207 e. The number of rotatable bonds is 8. The minimum Gasteiger partial charge on any atom is -0.207 e. The van der Waals surface area contributed by atoms with Crippen LogP contribution in [0.2, 0.25) is 0 Å². The molecular formula is C68H66B2F2. The van der Waals surface area contributed by atoms with Crippen molar-refractivity contribution in [1.82, 2.24) is 0 Å². The summed E-state index contributed by atoms with van der Waals surface area (Å²) in [6, 6.07) is 39.9. The second kappa shape index (κ2) is 18.1. The van der Waals surface area contributed by atoms with Gasteiger partial charge in [0.15, 0.2) is 0 Å². The first-order valence-electron chi connectivity index (χ1n) is 25.8. The van der Waals surface area contributed by atoms with E-state index in [9.17, 15) is 0 Å². The Morgan fingerprint density at radius 2 is 0.486 bits per heavy atom. The fourth-order valence-electron chi connectivity index (χ4n) is 14.1. The molecule has 10 aromatic rings. The van der Waals surface area contributed by atoms with Gasteiger partial charge in [0.2, 0.25) is 13.4 Å². The molecule has 0 spiro atoms. The second-order valence-corrected chi connectivity index (χ2v) is 22.0. The van der Waals surface area contributed by atoms with Crippen molar-refractivity contribution >= 4 is 78.5 Å². The number of halogens is 2. The van der Waals surface area contributed by atoms with Crippen molar-refractivity contribution in [2.24, 2.45) is 0 Å². The minimum atomic E-state index is -0.227. The van der Waals surface area contributed by atoms with Crippen LogP contribution in [0.3, 0.4) is 0 Å². The van der Waals surface area contributed by atoms with E-state index in [1.165, 1.54) is 121 Å². The molecule has 0 unspecified atom stereocenters. The Kier molecular flexibility index (Phi) is 12.3. The maximum Gasteiger partial charge on any atom is 0.243 e. The van der Waals surface area contributed by atoms with Crippen LogP contribution in [-0.2, 0) is 0 Å². The van der Waals surface area contributed by atoms with Crippen LogP contribution in [0, 0.1) is 122 Å². The number of benzene rings is 10. The summed E-state index contributed by atoms with van der Waals surface area (Å²) in [5.41, 5.74) is 30.8. The summed E-state index contributed by atoms with van der Waals surface area (Å²) < 4.78 is 31.0. The molecule has 0 bridgehead atoms. The minimum absolute atomic E-state index is 0.125. The van der Waals surface area contributed by atoms with Crippen LogP contribution in [0.15, 0.2) is 109 Å². The van der Waals surface area contributed by atoms with Gasteiger partial charge >= 0.3 is 0 Å². The second-order valence-electron chi connectivity index (χ2n) is 22.0. The van der Waals surface area contributed by atoms with Gasteiger partial charge in [-0.15, -0.1) is 0 Å². The standard InChI is InChI=1S/C68H66B2F2/c1-35-21-43(9)65(44(10)22-35)69(66-45(11)23-36(2)24-46(66)12)59-33-57(61-39(5)29-51(71)30-40(61)6)53-18-20-56-60(70(67-47(13)25-37(3)26-48(67)14)68-49(15)27-38(4)28-50(68)16)34-58(54-17-19-55(59)63(53)64(54)56)62-41(7)31-52(72)32-42(62)8/h17-34H,1-16H3. The zero-order valence-corrected chi connectivity index (χ0v) is 45.3. The summed E-state index contributed by atoms with van der Waals surface area (Å²) in [6.07, 6.45) is 0. The topological polar surface area (TPSA) is 0 Å². The molecule has 10 aromatic carbocycles. The number of hydrogen-bond acceptors (Lipinski definition) is 0. The zero-order chi connectivity index (χ0) is 51.5. The molecule has 0 aliphatic rings. The fourth-order valence-corrected chi connectivity index (χ4v) is 14.1. The van der Waals surface area contributed by atoms with Gasteiger partial charge in [0.1, 0.15) is 11.6 Å². The van der Waals surface area contributed by atoms with Crippen LogP contribution in [0.25, 0.3) is 54.6 Å². The number of hydrogen-bond donors (Lipinski definition) is 0. The van der Waals surface area contributed by atoms with Crippen LogP contribution >= 0.6 is 0 Å². The van der Waals surface area contributed by atoms with Crippen molar-refractivity contribution in [2.45, 2.75) is 111 Å². The molecule has 0 saturated heterocycles. The van der Waals surface area contributed by atoms with Crippen molar-refractivity contribution in [3.05, 3.63) is 210 Å². The van der Waals surface area contributed by atoms with E-state index in [4.69, 9.17) is 0 Å². The highest BCUT2D eigenvalue weighted by Crippen LogP contribution is 2.44. The van der Waals surface area contributed by atoms with Gasteiger partial charge in [0, 0.05) is 0 Å². The predicted molar refractivity (Wildman–Crippen MR) is 312 cm³/mol. The van der Waals surface area contributed by atoms with Crippen LogP contribution in [0.5, 0.6) is 0 Å². The summed E-state index contributed by atoms with van der Waals surface area (Å²) in [4.78, 5) is 0. The van der Waals surface area contributed by atoms with E-state index in [2.05, 4.69) is 196 Å². The lowest BCUT2D eigenvalue weighted by atomic mass is 9.33. The van der Waals surface area contributed by atoms with E-state index < -0.39 is 0 Å². The summed E-state index contributed by atoms with van der Waals surface area (Å²) in [5.74, 6) is -0.453. The highest BCUT2D eigenvalue weighted by molar-refractivity contribution is 6.99. The van der Waals surface area contributed by atoms with Gasteiger partial charge in [-0.25, -0.2) is 8.78 Å². The SMILES string of the molecule is Cc1cc(C)c(B(c2c(C)cc(C)cc2C)c2cc(-c3c(C)cc(F)cc3C)c3ccc4c(B(c5c(C)cc(C)cc5C)c5c(C)cc(C)cc5C)cc(-c5c(C)cc(F)cc5C)c5ccc2c3c45)c(C)c1. The van der Waals surface area contributed by atoms with E-state index in [0.29, 0.717) is 0 Å². The Balaban J connectivity index is 1.49. The van der Waals surface area contributed by atoms with E-state index in [-0.39, 0.29) is 25.1 Å². The third kappa shape index (κ3) is 7.97. The lowest BCUT2D eigenvalue weighted by molar-refractivity contribution is 0.625. The molecule has 4 heteroatoms. The van der Waals surface area contributed by atoms with Gasteiger partial charge in [0.25, 0.3) is 0 Å². The Morgan fingerprint density at radius 1 is 0.264 bits per heavy atom. The van der Waals surface area contributed by atoms with Crippen molar-refractivity contribution in [1.29, 1.82) is 0 Å². The van der Waals surface area contributed by atoms with Gasteiger partial charge in [-0.3, -0.25) is 0 Å². The Labute approximate surface area is 428 Å². The predicted octanol–water partition coefficient (Wildman–Crippen LogP) is 14.2. The molecule has 0 nitrogen and oxygen atoms in total. The average molecular weight is 943 g/mol. The highest BCUT2D eigenvalue weighted by atomic mass is 19.1. The number of aryl methyl sites for hydroxylation is 16. The van der Waals surface area contributed by atoms with Gasteiger partial charge in [-0.1, -0.05) is 184 Å². The Bertz CT molecular complexity index is 3400. The van der Waals surface area contributed by atoms with Crippen molar-refractivity contribution in [3.63, 3.8) is 0 Å². The molecule has 72 heavy (non-hydrogen) atoms. The molecule has 0 N–H and O–H groups in total. The molecule has 358 valence electrons. The molecule has 0 radical (unpaired) electrons. The molecule has 10 rings (SSSR count). The van der Waals surface area contributed by atoms with Crippen LogP contribution in [-0.4, -0.2) is 13.4 Å². The maximum atomic E-state index is 15.5. The molecule has 0 aromatic heterocycles. The lowest BCUT2D eigenvalue weighted by Gasteiger charge is -2.30. The lowest BCUT2D eigenvalue weighted by Crippen LogP contribution is -2.56. The van der Waals surface area contributed by atoms with Gasteiger partial charge < -0.3 is 0 Å². The van der Waals surface area contributed by atoms with Crippen molar-refractivity contribution in [3.8, 4) is 22.3 Å². The van der Waals surface area contributed by atoms with Crippen LogP contribution < -0.4 is 32.8 Å². The molecule has 0 saturated carbocycles. The summed E-state index contributed by atoms with van der Waals surface area (Å²) >= 11 is 0. The van der Waals surface area contributed by atoms with Gasteiger partial charge in [0.05, 0.1) is 0 Å². The van der Waals surface area contributed by atoms with Crippen LogP contribution in [0.4, 0.5) is 8.78 Å². The molecule has 0 atom stereocenters. The van der Waals surface area contributed by atoms with E-state index in [1.807, 2.05) is 0 Å². The molecule has 0 fully saturated rings. The first kappa shape index (κ1) is 48.8. The quantitative estimate of drug-likeness (QED) is 0.105. The van der Waals surface area contributed by atoms with Gasteiger partial charge in [-0.2, -0.15) is 0 Å².